The predicted octanol–water partition coefficient (Wildman–Crippen LogP) is 1.16. The minimum atomic E-state index is -1.24. The fraction of sp³-hybridized carbons (Fsp3) is 0.167. The van der Waals surface area contributed by atoms with Crippen molar-refractivity contribution in [1.29, 1.82) is 0 Å². The average molecular weight is 323 g/mol. The van der Waals surface area contributed by atoms with E-state index < -0.39 is 29.9 Å². The third-order valence-electron chi connectivity index (χ3n) is 4.07. The molecule has 3 rings (SSSR count). The molecule has 6 heteroatoms. The molecule has 2 aromatic carbocycles. The van der Waals surface area contributed by atoms with Gasteiger partial charge >= 0.3 is 6.03 Å². The summed E-state index contributed by atoms with van der Waals surface area (Å²) in [7, 11) is 0. The number of benzene rings is 2. The first-order valence-corrected chi connectivity index (χ1v) is 7.55. The number of carbonyl (C=O) groups excluding carboxylic acids is 3. The summed E-state index contributed by atoms with van der Waals surface area (Å²) in [6.45, 7) is -0.436. The van der Waals surface area contributed by atoms with Crippen LogP contribution in [-0.2, 0) is 21.5 Å². The molecule has 1 aliphatic heterocycles. The lowest BCUT2D eigenvalue weighted by molar-refractivity contribution is -0.134. The topological polar surface area (TPSA) is 92.5 Å². The SMILES string of the molecule is NC(=O)CN1C(=O)NC(Cc2ccccc2)(c2ccccc2)C1=O. The summed E-state index contributed by atoms with van der Waals surface area (Å²) in [6.07, 6.45) is 0.289. The number of rotatable bonds is 5. The van der Waals surface area contributed by atoms with E-state index in [1.807, 2.05) is 36.4 Å². The predicted molar refractivity (Wildman–Crippen MR) is 87.7 cm³/mol. The van der Waals surface area contributed by atoms with E-state index in [1.165, 1.54) is 0 Å². The van der Waals surface area contributed by atoms with Crippen molar-refractivity contribution in [1.82, 2.24) is 10.2 Å². The fourth-order valence-electron chi connectivity index (χ4n) is 2.97. The Kier molecular flexibility index (Phi) is 4.04. The van der Waals surface area contributed by atoms with E-state index in [-0.39, 0.29) is 6.42 Å². The van der Waals surface area contributed by atoms with Gasteiger partial charge in [0.1, 0.15) is 6.54 Å². The van der Waals surface area contributed by atoms with Gasteiger partial charge in [-0.15, -0.1) is 0 Å². The molecule has 0 spiro atoms. The standard InChI is InChI=1S/C18H17N3O3/c19-15(22)12-21-16(23)18(20-17(21)24,14-9-5-2-6-10-14)11-13-7-3-1-4-8-13/h1-10H,11-12H2,(H2,19,22)(H,20,24). The van der Waals surface area contributed by atoms with Crippen molar-refractivity contribution in [3.63, 3.8) is 0 Å². The average Bonchev–Trinajstić information content (AvgIpc) is 2.81. The maximum Gasteiger partial charge on any atom is 0.325 e. The summed E-state index contributed by atoms with van der Waals surface area (Å²) in [5.74, 6) is -1.21. The molecule has 1 unspecified atom stereocenters. The van der Waals surface area contributed by atoms with Crippen LogP contribution in [0.4, 0.5) is 4.79 Å². The summed E-state index contributed by atoms with van der Waals surface area (Å²) in [5, 5.41) is 2.77. The van der Waals surface area contributed by atoms with Crippen LogP contribution in [-0.4, -0.2) is 29.3 Å². The molecule has 0 saturated carbocycles. The van der Waals surface area contributed by atoms with E-state index in [0.29, 0.717) is 5.56 Å². The Morgan fingerprint density at radius 2 is 1.58 bits per heavy atom. The zero-order valence-corrected chi connectivity index (χ0v) is 12.9. The molecule has 0 aromatic heterocycles. The van der Waals surface area contributed by atoms with Gasteiger partial charge in [-0.3, -0.25) is 14.5 Å². The van der Waals surface area contributed by atoms with Crippen molar-refractivity contribution in [3.05, 3.63) is 71.8 Å². The highest BCUT2D eigenvalue weighted by Gasteiger charge is 2.52. The summed E-state index contributed by atoms with van der Waals surface area (Å²) in [4.78, 5) is 37.4. The molecule has 3 N–H and O–H groups in total. The van der Waals surface area contributed by atoms with E-state index in [9.17, 15) is 14.4 Å². The second-order valence-electron chi connectivity index (χ2n) is 5.72. The van der Waals surface area contributed by atoms with Crippen molar-refractivity contribution < 1.29 is 14.4 Å². The summed E-state index contributed by atoms with van der Waals surface area (Å²) < 4.78 is 0. The van der Waals surface area contributed by atoms with Crippen LogP contribution in [0.5, 0.6) is 0 Å². The number of nitrogens with one attached hydrogen (secondary N) is 1. The second kappa shape index (κ2) is 6.16. The van der Waals surface area contributed by atoms with Gasteiger partial charge in [0.05, 0.1) is 0 Å². The maximum absolute atomic E-state index is 13.0. The highest BCUT2D eigenvalue weighted by atomic mass is 16.2. The molecule has 1 atom stereocenters. The summed E-state index contributed by atoms with van der Waals surface area (Å²) >= 11 is 0. The van der Waals surface area contributed by atoms with Crippen LogP contribution in [0, 0.1) is 0 Å². The molecule has 6 nitrogen and oxygen atoms in total. The van der Waals surface area contributed by atoms with Gasteiger partial charge < -0.3 is 11.1 Å². The van der Waals surface area contributed by atoms with Crippen molar-refractivity contribution >= 4 is 17.8 Å². The highest BCUT2D eigenvalue weighted by molar-refractivity contribution is 6.09. The largest absolute Gasteiger partial charge is 0.368 e. The third kappa shape index (κ3) is 2.74. The zero-order valence-electron chi connectivity index (χ0n) is 12.9. The Bertz CT molecular complexity index is 777. The first-order valence-electron chi connectivity index (χ1n) is 7.55. The monoisotopic (exact) mass is 323 g/mol. The molecule has 0 aliphatic carbocycles. The molecule has 1 heterocycles. The summed E-state index contributed by atoms with van der Waals surface area (Å²) in [6, 6.07) is 17.8. The quantitative estimate of drug-likeness (QED) is 0.809. The van der Waals surface area contributed by atoms with E-state index in [2.05, 4.69) is 5.32 Å². The van der Waals surface area contributed by atoms with Crippen LogP contribution in [0.2, 0.25) is 0 Å². The van der Waals surface area contributed by atoms with Gasteiger partial charge in [-0.2, -0.15) is 0 Å². The molecule has 1 fully saturated rings. The smallest absolute Gasteiger partial charge is 0.325 e. The molecule has 4 amide bonds. The number of primary amides is 1. The van der Waals surface area contributed by atoms with E-state index in [0.717, 1.165) is 10.5 Å². The number of amides is 4. The van der Waals surface area contributed by atoms with Gasteiger partial charge in [-0.1, -0.05) is 60.7 Å². The zero-order chi connectivity index (χ0) is 17.2. The maximum atomic E-state index is 13.0. The summed E-state index contributed by atoms with van der Waals surface area (Å²) in [5.41, 5.74) is 5.49. The number of hydrogen-bond donors (Lipinski definition) is 2. The minimum Gasteiger partial charge on any atom is -0.368 e. The van der Waals surface area contributed by atoms with Crippen LogP contribution in [0.25, 0.3) is 0 Å². The molecule has 24 heavy (non-hydrogen) atoms. The van der Waals surface area contributed by atoms with Crippen LogP contribution >= 0.6 is 0 Å². The first kappa shape index (κ1) is 15.7. The second-order valence-corrected chi connectivity index (χ2v) is 5.72. The van der Waals surface area contributed by atoms with Gasteiger partial charge in [0.15, 0.2) is 5.54 Å². The Labute approximate surface area is 139 Å². The minimum absolute atomic E-state index is 0.289. The molecule has 2 aromatic rings. The molecule has 1 saturated heterocycles. The van der Waals surface area contributed by atoms with Crippen molar-refractivity contribution in [2.24, 2.45) is 5.73 Å². The van der Waals surface area contributed by atoms with Crippen LogP contribution in [0.3, 0.4) is 0 Å². The van der Waals surface area contributed by atoms with Crippen LogP contribution in [0.1, 0.15) is 11.1 Å². The highest BCUT2D eigenvalue weighted by Crippen LogP contribution is 2.32. The Morgan fingerprint density at radius 3 is 2.17 bits per heavy atom. The number of hydrogen-bond acceptors (Lipinski definition) is 3. The molecular weight excluding hydrogens is 306 g/mol. The lowest BCUT2D eigenvalue weighted by Gasteiger charge is -2.27. The normalized spacial score (nSPS) is 20.1. The van der Waals surface area contributed by atoms with Crippen molar-refractivity contribution in [2.75, 3.05) is 6.54 Å². The lowest BCUT2D eigenvalue weighted by Crippen LogP contribution is -2.46. The Hall–Kier alpha value is -3.15. The number of urea groups is 1. The van der Waals surface area contributed by atoms with E-state index >= 15 is 0 Å². The molecule has 1 aliphatic rings. The van der Waals surface area contributed by atoms with Gasteiger partial charge in [-0.25, -0.2) is 4.79 Å². The molecule has 0 radical (unpaired) electrons. The van der Waals surface area contributed by atoms with Gasteiger partial charge in [0, 0.05) is 6.42 Å². The number of nitrogens with two attached hydrogens (primary N) is 1. The molecule has 0 bridgehead atoms. The van der Waals surface area contributed by atoms with Crippen molar-refractivity contribution in [3.8, 4) is 0 Å². The number of nitrogens with zero attached hydrogens (tertiary/aromatic N) is 1. The lowest BCUT2D eigenvalue weighted by atomic mass is 9.83. The van der Waals surface area contributed by atoms with Crippen LogP contribution in [0.15, 0.2) is 60.7 Å². The first-order chi connectivity index (χ1) is 11.5. The Morgan fingerprint density at radius 1 is 1.00 bits per heavy atom. The van der Waals surface area contributed by atoms with Crippen LogP contribution < -0.4 is 11.1 Å². The molecule has 122 valence electrons. The van der Waals surface area contributed by atoms with E-state index in [1.54, 1.807) is 24.3 Å². The van der Waals surface area contributed by atoms with Gasteiger partial charge in [0.25, 0.3) is 5.91 Å². The third-order valence-corrected chi connectivity index (χ3v) is 4.07. The van der Waals surface area contributed by atoms with Gasteiger partial charge in [0.2, 0.25) is 5.91 Å². The van der Waals surface area contributed by atoms with E-state index in [4.69, 9.17) is 5.73 Å². The number of carbonyl (C=O) groups is 3. The fourth-order valence-corrected chi connectivity index (χ4v) is 2.97. The van der Waals surface area contributed by atoms with Gasteiger partial charge in [-0.05, 0) is 11.1 Å². The molecular formula is C18H17N3O3. The number of imide groups is 1. The Balaban J connectivity index is 2.05. The van der Waals surface area contributed by atoms with Crippen molar-refractivity contribution in [2.45, 2.75) is 12.0 Å².